The first kappa shape index (κ1) is 13.7. The van der Waals surface area contributed by atoms with Crippen LogP contribution in [0.1, 0.15) is 5.56 Å². The molecule has 6 nitrogen and oxygen atoms in total. The molecule has 0 radical (unpaired) electrons. The lowest BCUT2D eigenvalue weighted by Gasteiger charge is -2.10. The van der Waals surface area contributed by atoms with Crippen LogP contribution in [0.15, 0.2) is 29.4 Å². The summed E-state index contributed by atoms with van der Waals surface area (Å²) < 4.78 is 28.0. The summed E-state index contributed by atoms with van der Waals surface area (Å²) in [4.78, 5) is 0. The van der Waals surface area contributed by atoms with Gasteiger partial charge in [-0.2, -0.15) is 13.5 Å². The van der Waals surface area contributed by atoms with Crippen molar-refractivity contribution < 1.29 is 8.42 Å². The molecule has 0 bridgehead atoms. The van der Waals surface area contributed by atoms with Crippen molar-refractivity contribution in [1.29, 1.82) is 0 Å². The van der Waals surface area contributed by atoms with Crippen LogP contribution >= 0.6 is 11.6 Å². The summed E-state index contributed by atoms with van der Waals surface area (Å²) in [5.74, 6) is 0. The number of nitrogens with one attached hydrogen (secondary N) is 1. The highest BCUT2D eigenvalue weighted by Gasteiger charge is 2.22. The van der Waals surface area contributed by atoms with Crippen molar-refractivity contribution >= 4 is 33.0 Å². The van der Waals surface area contributed by atoms with E-state index < -0.39 is 10.0 Å². The zero-order valence-corrected chi connectivity index (χ0v) is 12.0. The van der Waals surface area contributed by atoms with Crippen LogP contribution < -0.4 is 10.5 Å². The summed E-state index contributed by atoms with van der Waals surface area (Å²) in [6, 6.07) is 4.92. The van der Waals surface area contributed by atoms with E-state index in [9.17, 15) is 8.42 Å². The van der Waals surface area contributed by atoms with Crippen molar-refractivity contribution in [3.8, 4) is 0 Å². The van der Waals surface area contributed by atoms with Crippen LogP contribution in [0.2, 0.25) is 5.02 Å². The molecule has 1 aromatic heterocycles. The van der Waals surface area contributed by atoms with Gasteiger partial charge in [0.05, 0.1) is 16.9 Å². The fraction of sp³-hybridized carbons (Fsp3) is 0.182. The number of nitrogens with two attached hydrogens (primary N) is 1. The summed E-state index contributed by atoms with van der Waals surface area (Å²) in [6.45, 7) is 1.84. The number of aryl methyl sites for hydroxylation is 2. The second-order valence-electron chi connectivity index (χ2n) is 4.10. The Morgan fingerprint density at radius 1 is 1.42 bits per heavy atom. The number of hydrogen-bond donors (Lipinski definition) is 2. The molecule has 0 amide bonds. The van der Waals surface area contributed by atoms with E-state index in [1.54, 1.807) is 18.2 Å². The zero-order valence-electron chi connectivity index (χ0n) is 10.4. The maximum Gasteiger partial charge on any atom is 0.280 e. The number of sulfonamides is 1. The molecular weight excluding hydrogens is 288 g/mol. The first-order valence-electron chi connectivity index (χ1n) is 5.37. The minimum Gasteiger partial charge on any atom is -0.398 e. The molecule has 0 saturated heterocycles. The maximum absolute atomic E-state index is 12.2. The quantitative estimate of drug-likeness (QED) is 0.845. The lowest BCUT2D eigenvalue weighted by molar-refractivity contribution is 0.582. The van der Waals surface area contributed by atoms with E-state index in [2.05, 4.69) is 9.82 Å². The number of benzene rings is 1. The average Bonchev–Trinajstić information content (AvgIpc) is 2.64. The van der Waals surface area contributed by atoms with Gasteiger partial charge in [-0.05, 0) is 24.6 Å². The van der Waals surface area contributed by atoms with Crippen molar-refractivity contribution in [2.24, 2.45) is 7.05 Å². The Balaban J connectivity index is 2.39. The SMILES string of the molecule is Cc1ccc(NS(=O)(=O)c2c(Cl)cnn2C)cc1N. The van der Waals surface area contributed by atoms with Crippen molar-refractivity contribution in [3.63, 3.8) is 0 Å². The average molecular weight is 301 g/mol. The molecule has 0 aliphatic heterocycles. The first-order valence-corrected chi connectivity index (χ1v) is 7.24. The number of aromatic nitrogens is 2. The molecule has 0 spiro atoms. The summed E-state index contributed by atoms with van der Waals surface area (Å²) in [7, 11) is -2.29. The Kier molecular flexibility index (Phi) is 3.42. The number of anilines is 2. The van der Waals surface area contributed by atoms with Crippen molar-refractivity contribution in [1.82, 2.24) is 9.78 Å². The van der Waals surface area contributed by atoms with E-state index in [1.807, 2.05) is 6.92 Å². The fourth-order valence-electron chi connectivity index (χ4n) is 1.61. The number of nitrogen functional groups attached to an aromatic ring is 1. The van der Waals surface area contributed by atoms with Gasteiger partial charge >= 0.3 is 0 Å². The van der Waals surface area contributed by atoms with E-state index in [-0.39, 0.29) is 10.0 Å². The predicted octanol–water partition coefficient (Wildman–Crippen LogP) is 1.76. The smallest absolute Gasteiger partial charge is 0.280 e. The van der Waals surface area contributed by atoms with Crippen molar-refractivity contribution in [2.45, 2.75) is 11.9 Å². The third-order valence-electron chi connectivity index (χ3n) is 2.63. The van der Waals surface area contributed by atoms with E-state index in [1.165, 1.54) is 17.9 Å². The highest BCUT2D eigenvalue weighted by Crippen LogP contribution is 2.24. The van der Waals surface area contributed by atoms with E-state index in [4.69, 9.17) is 17.3 Å². The summed E-state index contributed by atoms with van der Waals surface area (Å²) >= 11 is 5.83. The Morgan fingerprint density at radius 2 is 2.11 bits per heavy atom. The van der Waals surface area contributed by atoms with Crippen LogP contribution in [-0.4, -0.2) is 18.2 Å². The number of rotatable bonds is 3. The van der Waals surface area contributed by atoms with E-state index in [0.717, 1.165) is 5.56 Å². The van der Waals surface area contributed by atoms with Crippen LogP contribution in [0.3, 0.4) is 0 Å². The highest BCUT2D eigenvalue weighted by atomic mass is 35.5. The summed E-state index contributed by atoms with van der Waals surface area (Å²) in [5.41, 5.74) is 7.50. The normalized spacial score (nSPS) is 11.5. The van der Waals surface area contributed by atoms with Gasteiger partial charge in [0.1, 0.15) is 0 Å². The molecule has 0 aliphatic rings. The van der Waals surface area contributed by atoms with Gasteiger partial charge in [-0.25, -0.2) is 0 Å². The molecule has 0 saturated carbocycles. The third-order valence-corrected chi connectivity index (χ3v) is 4.51. The van der Waals surface area contributed by atoms with Gasteiger partial charge in [0.25, 0.3) is 10.0 Å². The molecule has 1 aromatic carbocycles. The molecule has 0 unspecified atom stereocenters. The first-order chi connectivity index (χ1) is 8.81. The van der Waals surface area contributed by atoms with Gasteiger partial charge in [-0.15, -0.1) is 0 Å². The molecule has 8 heteroatoms. The van der Waals surface area contributed by atoms with Gasteiger partial charge in [0, 0.05) is 12.7 Å². The van der Waals surface area contributed by atoms with Gasteiger partial charge in [-0.1, -0.05) is 17.7 Å². The van der Waals surface area contributed by atoms with Gasteiger partial charge < -0.3 is 5.73 Å². The second kappa shape index (κ2) is 4.75. The number of halogens is 1. The molecule has 2 aromatic rings. The largest absolute Gasteiger partial charge is 0.398 e. The van der Waals surface area contributed by atoms with Crippen LogP contribution in [0.4, 0.5) is 11.4 Å². The molecule has 3 N–H and O–H groups in total. The molecule has 2 rings (SSSR count). The van der Waals surface area contributed by atoms with Crippen LogP contribution in [0.25, 0.3) is 0 Å². The van der Waals surface area contributed by atoms with Crippen molar-refractivity contribution in [3.05, 3.63) is 35.0 Å². The van der Waals surface area contributed by atoms with Crippen molar-refractivity contribution in [2.75, 3.05) is 10.5 Å². The minimum atomic E-state index is -3.80. The zero-order chi connectivity index (χ0) is 14.2. The molecule has 0 atom stereocenters. The van der Waals surface area contributed by atoms with Gasteiger partial charge in [-0.3, -0.25) is 9.40 Å². The molecule has 0 aliphatic carbocycles. The van der Waals surface area contributed by atoms with Crippen LogP contribution in [-0.2, 0) is 17.1 Å². The molecule has 102 valence electrons. The Bertz CT molecular complexity index is 705. The summed E-state index contributed by atoms with van der Waals surface area (Å²) in [6.07, 6.45) is 1.28. The third kappa shape index (κ3) is 2.66. The minimum absolute atomic E-state index is 0.0649. The number of nitrogens with zero attached hydrogens (tertiary/aromatic N) is 2. The summed E-state index contributed by atoms with van der Waals surface area (Å²) in [5, 5.41) is 3.77. The van der Waals surface area contributed by atoms with Crippen LogP contribution in [0.5, 0.6) is 0 Å². The maximum atomic E-state index is 12.2. The predicted molar refractivity (Wildman–Crippen MR) is 74.6 cm³/mol. The molecule has 1 heterocycles. The molecular formula is C11H13ClN4O2S. The van der Waals surface area contributed by atoms with E-state index in [0.29, 0.717) is 11.4 Å². The monoisotopic (exact) mass is 300 g/mol. The van der Waals surface area contributed by atoms with E-state index >= 15 is 0 Å². The topological polar surface area (TPSA) is 90.0 Å². The lowest BCUT2D eigenvalue weighted by Crippen LogP contribution is -2.17. The second-order valence-corrected chi connectivity index (χ2v) is 6.10. The fourth-order valence-corrected chi connectivity index (χ4v) is 3.32. The Labute approximate surface area is 116 Å². The Hall–Kier alpha value is -1.73. The number of hydrogen-bond acceptors (Lipinski definition) is 4. The molecule has 19 heavy (non-hydrogen) atoms. The highest BCUT2D eigenvalue weighted by molar-refractivity contribution is 7.92. The van der Waals surface area contributed by atoms with Gasteiger partial charge in [0.2, 0.25) is 0 Å². The molecule has 0 fully saturated rings. The standard InChI is InChI=1S/C11H13ClN4O2S/c1-7-3-4-8(5-10(7)13)15-19(17,18)11-9(12)6-14-16(11)2/h3-6,15H,13H2,1-2H3. The lowest BCUT2D eigenvalue weighted by atomic mass is 10.2. The van der Waals surface area contributed by atoms with Gasteiger partial charge in [0.15, 0.2) is 5.03 Å². The Morgan fingerprint density at radius 3 is 2.63 bits per heavy atom. The van der Waals surface area contributed by atoms with Crippen LogP contribution in [0, 0.1) is 6.92 Å².